The van der Waals surface area contributed by atoms with Crippen LogP contribution in [0, 0.1) is 0 Å². The van der Waals surface area contributed by atoms with Gasteiger partial charge in [0.25, 0.3) is 5.56 Å². The molecule has 0 fully saturated rings. The molecule has 0 saturated carbocycles. The van der Waals surface area contributed by atoms with Gasteiger partial charge < -0.3 is 0 Å². The molecule has 0 atom stereocenters. The van der Waals surface area contributed by atoms with Gasteiger partial charge in [0.15, 0.2) is 5.82 Å². The molecule has 0 aliphatic carbocycles. The Morgan fingerprint density at radius 2 is 1.67 bits per heavy atom. The zero-order valence-corrected chi connectivity index (χ0v) is 11.9. The van der Waals surface area contributed by atoms with Crippen LogP contribution in [0.4, 0.5) is 0 Å². The summed E-state index contributed by atoms with van der Waals surface area (Å²) < 4.78 is 1.24. The van der Waals surface area contributed by atoms with Crippen molar-refractivity contribution >= 4 is 39.9 Å². The lowest BCUT2D eigenvalue weighted by atomic mass is 10.1. The molecule has 0 bridgehead atoms. The van der Waals surface area contributed by atoms with Crippen LogP contribution in [0.2, 0.25) is 10.0 Å². The maximum atomic E-state index is 12.7. The third-order valence-electron chi connectivity index (χ3n) is 3.51. The zero-order chi connectivity index (χ0) is 14.7. The molecule has 0 radical (unpaired) electrons. The monoisotopic (exact) mass is 316 g/mol. The number of hydrogen-bond donors (Lipinski definition) is 0. The highest BCUT2D eigenvalue weighted by Crippen LogP contribution is 2.36. The van der Waals surface area contributed by atoms with Gasteiger partial charge in [-0.1, -0.05) is 35.3 Å². The molecule has 1 aliphatic heterocycles. The Morgan fingerprint density at radius 1 is 0.952 bits per heavy atom. The van der Waals surface area contributed by atoms with Crippen LogP contribution in [0.25, 0.3) is 16.6 Å². The second-order valence-corrected chi connectivity index (χ2v) is 5.49. The standard InChI is InChI=1S/C15H6Cl2N2O2/c16-8-5-6-9(17)12-11(8)13(20)14-18-10-4-2-1-3-7(10)15(21)19(12)14/h1-6H. The van der Waals surface area contributed by atoms with Crippen molar-refractivity contribution in [1.82, 2.24) is 9.55 Å². The van der Waals surface area contributed by atoms with E-state index in [4.69, 9.17) is 23.2 Å². The van der Waals surface area contributed by atoms with E-state index in [0.29, 0.717) is 21.6 Å². The summed E-state index contributed by atoms with van der Waals surface area (Å²) in [6.07, 6.45) is 0. The first-order valence-electron chi connectivity index (χ1n) is 6.14. The lowest BCUT2D eigenvalue weighted by Crippen LogP contribution is -2.21. The van der Waals surface area contributed by atoms with Crippen LogP contribution in [-0.4, -0.2) is 15.3 Å². The summed E-state index contributed by atoms with van der Waals surface area (Å²) in [4.78, 5) is 29.4. The van der Waals surface area contributed by atoms with Crippen molar-refractivity contribution in [3.05, 3.63) is 68.2 Å². The van der Waals surface area contributed by atoms with Crippen molar-refractivity contribution in [1.29, 1.82) is 0 Å². The quantitative estimate of drug-likeness (QED) is 0.500. The first-order chi connectivity index (χ1) is 10.1. The van der Waals surface area contributed by atoms with Crippen LogP contribution in [0.1, 0.15) is 16.2 Å². The van der Waals surface area contributed by atoms with Gasteiger partial charge in [-0.05, 0) is 24.3 Å². The Bertz CT molecular complexity index is 1010. The number of nitrogens with zero attached hydrogens (tertiary/aromatic N) is 2. The smallest absolute Gasteiger partial charge is 0.266 e. The molecule has 2 heterocycles. The largest absolute Gasteiger partial charge is 0.285 e. The van der Waals surface area contributed by atoms with Crippen LogP contribution < -0.4 is 5.56 Å². The Labute approximate surface area is 128 Å². The number of carbonyl (C=O) groups is 1. The summed E-state index contributed by atoms with van der Waals surface area (Å²) >= 11 is 12.2. The molecule has 2 aromatic carbocycles. The number of para-hydroxylation sites is 1. The van der Waals surface area contributed by atoms with Gasteiger partial charge in [0, 0.05) is 0 Å². The molecule has 3 aromatic rings. The molecule has 6 heteroatoms. The van der Waals surface area contributed by atoms with Gasteiger partial charge in [0.2, 0.25) is 5.78 Å². The molecule has 21 heavy (non-hydrogen) atoms. The summed E-state index contributed by atoms with van der Waals surface area (Å²) in [5, 5.41) is 0.979. The van der Waals surface area contributed by atoms with Crippen molar-refractivity contribution in [2.45, 2.75) is 0 Å². The van der Waals surface area contributed by atoms with Crippen molar-refractivity contribution in [3.63, 3.8) is 0 Å². The van der Waals surface area contributed by atoms with Gasteiger partial charge in [-0.15, -0.1) is 0 Å². The molecule has 0 unspecified atom stereocenters. The topological polar surface area (TPSA) is 52.0 Å². The predicted molar refractivity (Wildman–Crippen MR) is 80.8 cm³/mol. The minimum absolute atomic E-state index is 0.0451. The minimum atomic E-state index is -0.389. The van der Waals surface area contributed by atoms with E-state index in [1.165, 1.54) is 10.6 Å². The number of benzene rings is 2. The fourth-order valence-corrected chi connectivity index (χ4v) is 3.06. The lowest BCUT2D eigenvalue weighted by Gasteiger charge is -2.07. The highest BCUT2D eigenvalue weighted by Gasteiger charge is 2.34. The average molecular weight is 317 g/mol. The van der Waals surface area contributed by atoms with Gasteiger partial charge >= 0.3 is 0 Å². The summed E-state index contributed by atoms with van der Waals surface area (Å²) in [7, 11) is 0. The maximum absolute atomic E-state index is 12.7. The van der Waals surface area contributed by atoms with E-state index < -0.39 is 0 Å². The van der Waals surface area contributed by atoms with Crippen molar-refractivity contribution < 1.29 is 4.79 Å². The van der Waals surface area contributed by atoms with Gasteiger partial charge in [-0.2, -0.15) is 0 Å². The molecule has 1 aromatic heterocycles. The van der Waals surface area contributed by atoms with Gasteiger partial charge in [0.1, 0.15) is 0 Å². The van der Waals surface area contributed by atoms with E-state index >= 15 is 0 Å². The van der Waals surface area contributed by atoms with Crippen molar-refractivity contribution in [2.24, 2.45) is 0 Å². The predicted octanol–water partition coefficient (Wildman–Crippen LogP) is 3.24. The Morgan fingerprint density at radius 3 is 2.48 bits per heavy atom. The van der Waals surface area contributed by atoms with Gasteiger partial charge in [0.05, 0.1) is 32.2 Å². The Kier molecular flexibility index (Phi) is 2.49. The van der Waals surface area contributed by atoms with Crippen LogP contribution >= 0.6 is 23.2 Å². The second-order valence-electron chi connectivity index (χ2n) is 4.68. The van der Waals surface area contributed by atoms with E-state index in [-0.39, 0.29) is 27.8 Å². The molecular weight excluding hydrogens is 311 g/mol. The minimum Gasteiger partial charge on any atom is -0.285 e. The van der Waals surface area contributed by atoms with E-state index in [1.807, 2.05) is 0 Å². The Hall–Kier alpha value is -2.17. The summed E-state index contributed by atoms with van der Waals surface area (Å²) in [6, 6.07) is 9.97. The summed E-state index contributed by atoms with van der Waals surface area (Å²) in [5.74, 6) is -0.343. The number of halogens is 2. The molecule has 1 aliphatic rings. The molecule has 4 nitrogen and oxygen atoms in total. The van der Waals surface area contributed by atoms with E-state index in [9.17, 15) is 9.59 Å². The summed E-state index contributed by atoms with van der Waals surface area (Å²) in [5.41, 5.74) is 0.686. The van der Waals surface area contributed by atoms with Gasteiger partial charge in [-0.3, -0.25) is 14.2 Å². The zero-order valence-electron chi connectivity index (χ0n) is 10.4. The van der Waals surface area contributed by atoms with Crippen molar-refractivity contribution in [3.8, 4) is 5.69 Å². The van der Waals surface area contributed by atoms with Crippen LogP contribution in [0.5, 0.6) is 0 Å². The summed E-state index contributed by atoms with van der Waals surface area (Å²) in [6.45, 7) is 0. The fraction of sp³-hybridized carbons (Fsp3) is 0. The molecule has 4 rings (SSSR count). The Balaban J connectivity index is 2.25. The highest BCUT2D eigenvalue weighted by atomic mass is 35.5. The number of carbonyl (C=O) groups excluding carboxylic acids is 1. The maximum Gasteiger partial charge on any atom is 0.266 e. The van der Waals surface area contributed by atoms with E-state index in [2.05, 4.69) is 4.98 Å². The number of fused-ring (bicyclic) bond motifs is 4. The number of aromatic nitrogens is 2. The first kappa shape index (κ1) is 12.6. The molecule has 0 N–H and O–H groups in total. The first-order valence-corrected chi connectivity index (χ1v) is 6.90. The molecular formula is C15H6Cl2N2O2. The SMILES string of the molecule is O=C1c2c(Cl)ccc(Cl)c2-n2c1nc1ccccc1c2=O. The normalized spacial score (nSPS) is 12.6. The lowest BCUT2D eigenvalue weighted by molar-refractivity contribution is 0.103. The molecule has 102 valence electrons. The third-order valence-corrected chi connectivity index (χ3v) is 4.13. The third kappa shape index (κ3) is 1.54. The van der Waals surface area contributed by atoms with Crippen LogP contribution in [0.15, 0.2) is 41.2 Å². The van der Waals surface area contributed by atoms with Crippen molar-refractivity contribution in [2.75, 3.05) is 0 Å². The van der Waals surface area contributed by atoms with Crippen LogP contribution in [0.3, 0.4) is 0 Å². The average Bonchev–Trinajstić information content (AvgIpc) is 2.78. The highest BCUT2D eigenvalue weighted by molar-refractivity contribution is 6.39. The molecule has 0 saturated heterocycles. The number of hydrogen-bond acceptors (Lipinski definition) is 3. The molecule has 0 spiro atoms. The molecule has 0 amide bonds. The second kappa shape index (κ2) is 4.16. The number of rotatable bonds is 0. The fourth-order valence-electron chi connectivity index (χ4n) is 2.58. The number of ketones is 1. The van der Waals surface area contributed by atoms with Crippen LogP contribution in [-0.2, 0) is 0 Å². The van der Waals surface area contributed by atoms with E-state index in [1.54, 1.807) is 30.3 Å². The van der Waals surface area contributed by atoms with E-state index in [0.717, 1.165) is 0 Å². The van der Waals surface area contributed by atoms with Gasteiger partial charge in [-0.25, -0.2) is 4.98 Å².